The van der Waals surface area contributed by atoms with Crippen molar-refractivity contribution in [3.05, 3.63) is 23.8 Å². The maximum absolute atomic E-state index is 12.6. The van der Waals surface area contributed by atoms with Crippen molar-refractivity contribution in [2.24, 2.45) is 5.73 Å². The summed E-state index contributed by atoms with van der Waals surface area (Å²) in [5, 5.41) is 0. The molecule has 0 atom stereocenters. The lowest BCUT2D eigenvalue weighted by Gasteiger charge is -2.20. The van der Waals surface area contributed by atoms with Crippen molar-refractivity contribution in [3.63, 3.8) is 0 Å². The standard InChI is InChI=1S/C14H20N2O3S/c1-4-10-16(5-2)20(17,18)14-7-6-13(19-3)11-12(14)8-9-15/h1,6-7,11H,5,8-10,15H2,2-3H3. The molecule has 0 aliphatic heterocycles. The minimum Gasteiger partial charge on any atom is -0.497 e. The Morgan fingerprint density at radius 2 is 2.15 bits per heavy atom. The van der Waals surface area contributed by atoms with Gasteiger partial charge in [0.15, 0.2) is 0 Å². The molecule has 0 fully saturated rings. The molecule has 110 valence electrons. The Hall–Kier alpha value is -1.55. The number of ether oxygens (including phenoxy) is 1. The molecule has 1 aromatic rings. The highest BCUT2D eigenvalue weighted by Gasteiger charge is 2.25. The van der Waals surface area contributed by atoms with Gasteiger partial charge in [-0.15, -0.1) is 6.42 Å². The minimum atomic E-state index is -3.61. The van der Waals surface area contributed by atoms with Gasteiger partial charge in [0.1, 0.15) is 5.75 Å². The maximum Gasteiger partial charge on any atom is 0.244 e. The summed E-state index contributed by atoms with van der Waals surface area (Å²) < 4.78 is 31.6. The molecule has 20 heavy (non-hydrogen) atoms. The van der Waals surface area contributed by atoms with E-state index in [2.05, 4.69) is 5.92 Å². The molecule has 0 aliphatic rings. The van der Waals surface area contributed by atoms with Crippen LogP contribution >= 0.6 is 0 Å². The molecule has 0 unspecified atom stereocenters. The minimum absolute atomic E-state index is 0.0485. The molecule has 2 N–H and O–H groups in total. The predicted octanol–water partition coefficient (Wildman–Crippen LogP) is 0.840. The van der Waals surface area contributed by atoms with Gasteiger partial charge in [0.05, 0.1) is 18.6 Å². The van der Waals surface area contributed by atoms with Gasteiger partial charge in [0, 0.05) is 6.54 Å². The largest absolute Gasteiger partial charge is 0.497 e. The molecule has 0 bridgehead atoms. The number of benzene rings is 1. The summed E-state index contributed by atoms with van der Waals surface area (Å²) in [5.41, 5.74) is 6.19. The van der Waals surface area contributed by atoms with Crippen molar-refractivity contribution in [3.8, 4) is 18.1 Å². The van der Waals surface area contributed by atoms with E-state index >= 15 is 0 Å². The average Bonchev–Trinajstić information content (AvgIpc) is 2.44. The van der Waals surface area contributed by atoms with E-state index in [-0.39, 0.29) is 11.4 Å². The van der Waals surface area contributed by atoms with Crippen molar-refractivity contribution in [2.75, 3.05) is 26.7 Å². The van der Waals surface area contributed by atoms with Crippen molar-refractivity contribution >= 4 is 10.0 Å². The first kappa shape index (κ1) is 16.5. The van der Waals surface area contributed by atoms with Crippen LogP contribution in [0.5, 0.6) is 5.75 Å². The molecule has 5 nitrogen and oxygen atoms in total. The molecule has 1 rings (SSSR count). The Bertz CT molecular complexity index is 591. The Kier molecular flexibility index (Phi) is 6.02. The molecule has 0 heterocycles. The second kappa shape index (κ2) is 7.29. The lowest BCUT2D eigenvalue weighted by atomic mass is 10.1. The van der Waals surface area contributed by atoms with Gasteiger partial charge in [-0.25, -0.2) is 8.42 Å². The SMILES string of the molecule is C#CCN(CC)S(=O)(=O)c1ccc(OC)cc1CCN. The molecule has 0 spiro atoms. The van der Waals surface area contributed by atoms with Crippen LogP contribution in [-0.4, -0.2) is 39.5 Å². The zero-order valence-electron chi connectivity index (χ0n) is 11.8. The third-order valence-corrected chi connectivity index (χ3v) is 4.94. The number of nitrogens with zero attached hydrogens (tertiary/aromatic N) is 1. The van der Waals surface area contributed by atoms with Crippen LogP contribution in [0.25, 0.3) is 0 Å². The quantitative estimate of drug-likeness (QED) is 0.757. The number of rotatable bonds is 7. The summed E-state index contributed by atoms with van der Waals surface area (Å²) in [6.45, 7) is 2.48. The molecule has 6 heteroatoms. The van der Waals surface area contributed by atoms with Crippen LogP contribution in [-0.2, 0) is 16.4 Å². The number of terminal acetylenes is 1. The number of hydrogen-bond acceptors (Lipinski definition) is 4. The fourth-order valence-corrected chi connectivity index (χ4v) is 3.49. The van der Waals surface area contributed by atoms with E-state index in [9.17, 15) is 8.42 Å². The van der Waals surface area contributed by atoms with Crippen LogP contribution in [0.2, 0.25) is 0 Å². The summed E-state index contributed by atoms with van der Waals surface area (Å²) >= 11 is 0. The monoisotopic (exact) mass is 296 g/mol. The van der Waals surface area contributed by atoms with Crippen LogP contribution in [0, 0.1) is 12.3 Å². The summed E-state index contributed by atoms with van der Waals surface area (Å²) in [7, 11) is -2.08. The van der Waals surface area contributed by atoms with E-state index in [0.29, 0.717) is 30.8 Å². The lowest BCUT2D eigenvalue weighted by molar-refractivity contribution is 0.413. The van der Waals surface area contributed by atoms with Crippen LogP contribution in [0.1, 0.15) is 12.5 Å². The van der Waals surface area contributed by atoms with Gasteiger partial charge in [-0.05, 0) is 36.7 Å². The first-order chi connectivity index (χ1) is 9.51. The van der Waals surface area contributed by atoms with Crippen LogP contribution < -0.4 is 10.5 Å². The van der Waals surface area contributed by atoms with Crippen molar-refractivity contribution in [2.45, 2.75) is 18.2 Å². The smallest absolute Gasteiger partial charge is 0.244 e. The fourth-order valence-electron chi connectivity index (χ4n) is 1.89. The van der Waals surface area contributed by atoms with Gasteiger partial charge in [-0.3, -0.25) is 0 Å². The summed E-state index contributed by atoms with van der Waals surface area (Å²) in [5.74, 6) is 2.97. The van der Waals surface area contributed by atoms with Gasteiger partial charge in [0.25, 0.3) is 0 Å². The highest BCUT2D eigenvalue weighted by molar-refractivity contribution is 7.89. The van der Waals surface area contributed by atoms with Crippen molar-refractivity contribution < 1.29 is 13.2 Å². The highest BCUT2D eigenvalue weighted by atomic mass is 32.2. The Morgan fingerprint density at radius 1 is 1.45 bits per heavy atom. The molecule has 0 saturated heterocycles. The average molecular weight is 296 g/mol. The predicted molar refractivity (Wildman–Crippen MR) is 79.0 cm³/mol. The van der Waals surface area contributed by atoms with Crippen LogP contribution in [0.3, 0.4) is 0 Å². The molecule has 0 amide bonds. The fraction of sp³-hybridized carbons (Fsp3) is 0.429. The maximum atomic E-state index is 12.6. The number of sulfonamides is 1. The van der Waals surface area contributed by atoms with Crippen LogP contribution in [0.15, 0.2) is 23.1 Å². The number of methoxy groups -OCH3 is 1. The van der Waals surface area contributed by atoms with E-state index in [1.54, 1.807) is 25.1 Å². The molecule has 1 aromatic carbocycles. The van der Waals surface area contributed by atoms with Gasteiger partial charge in [-0.1, -0.05) is 12.8 Å². The topological polar surface area (TPSA) is 72.6 Å². The third kappa shape index (κ3) is 3.51. The number of hydrogen-bond donors (Lipinski definition) is 1. The van der Waals surface area contributed by atoms with E-state index in [0.717, 1.165) is 0 Å². The number of nitrogens with two attached hydrogens (primary N) is 1. The van der Waals surface area contributed by atoms with Gasteiger partial charge in [-0.2, -0.15) is 4.31 Å². The first-order valence-corrected chi connectivity index (χ1v) is 7.75. The Balaban J connectivity index is 3.33. The normalized spacial score (nSPS) is 11.3. The Labute approximate surface area is 120 Å². The molecule has 0 saturated carbocycles. The molecule has 0 radical (unpaired) electrons. The zero-order chi connectivity index (χ0) is 15.2. The lowest BCUT2D eigenvalue weighted by Crippen LogP contribution is -2.32. The van der Waals surface area contributed by atoms with E-state index in [1.807, 2.05) is 0 Å². The summed E-state index contributed by atoms with van der Waals surface area (Å²) in [6.07, 6.45) is 5.68. The molecule has 0 aromatic heterocycles. The molecule has 0 aliphatic carbocycles. The van der Waals surface area contributed by atoms with Gasteiger partial charge >= 0.3 is 0 Å². The van der Waals surface area contributed by atoms with E-state index in [1.165, 1.54) is 11.4 Å². The van der Waals surface area contributed by atoms with E-state index < -0.39 is 10.0 Å². The summed E-state index contributed by atoms with van der Waals surface area (Å²) in [6, 6.07) is 4.86. The summed E-state index contributed by atoms with van der Waals surface area (Å²) in [4.78, 5) is 0.237. The molecular weight excluding hydrogens is 276 g/mol. The molecular formula is C14H20N2O3S. The van der Waals surface area contributed by atoms with E-state index in [4.69, 9.17) is 16.9 Å². The van der Waals surface area contributed by atoms with Crippen molar-refractivity contribution in [1.82, 2.24) is 4.31 Å². The second-order valence-corrected chi connectivity index (χ2v) is 6.05. The highest BCUT2D eigenvalue weighted by Crippen LogP contribution is 2.25. The zero-order valence-corrected chi connectivity index (χ0v) is 12.6. The first-order valence-electron chi connectivity index (χ1n) is 6.31. The van der Waals surface area contributed by atoms with Gasteiger partial charge in [0.2, 0.25) is 10.0 Å². The van der Waals surface area contributed by atoms with Crippen molar-refractivity contribution in [1.29, 1.82) is 0 Å². The Morgan fingerprint density at radius 3 is 2.65 bits per heavy atom. The van der Waals surface area contributed by atoms with Gasteiger partial charge < -0.3 is 10.5 Å². The third-order valence-electron chi connectivity index (χ3n) is 2.92. The second-order valence-electron chi connectivity index (χ2n) is 4.15. The van der Waals surface area contributed by atoms with Crippen LogP contribution in [0.4, 0.5) is 0 Å².